The molecule has 13 rings (SSSR count). The van der Waals surface area contributed by atoms with Crippen molar-refractivity contribution in [1.82, 2.24) is 14.8 Å². The second-order valence-corrected chi connectivity index (χ2v) is 17.8. The van der Waals surface area contributed by atoms with Crippen LogP contribution in [-0.4, -0.2) is 84.7 Å². The van der Waals surface area contributed by atoms with E-state index in [0.29, 0.717) is 36.2 Å². The number of aromatic amines is 1. The maximum absolute atomic E-state index is 13.5. The first-order valence-electron chi connectivity index (χ1n) is 19.0. The molecule has 8 atom stereocenters. The zero-order valence-electron chi connectivity index (χ0n) is 27.7. The van der Waals surface area contributed by atoms with Crippen LogP contribution in [0.4, 0.5) is 0 Å². The third-order valence-electron chi connectivity index (χ3n) is 15.7. The Hall–Kier alpha value is -3.24. The van der Waals surface area contributed by atoms with Crippen LogP contribution in [0, 0.1) is 11.8 Å². The molecule has 6 aliphatic carbocycles. The standard InChI is InChI=1S/C40H43N3O6/c44-25-7-5-21-13-27-39(46)15-23-24-16-40(47)28-14-22-6-8-26(45)34-30(22)38(40,10-12-43(28)18-20-3-4-20)36(49-34)32(24)41-31(23)35-37(39,29(21)33(25)48-35)9-11-42(27)17-19-1-2-19/h5-8,19-20,27-28,35-36,41,44-47H,1-4,9-18H2/t27-,28-,35-,36-,37-,38-,39+,40+/m0/s1. The summed E-state index contributed by atoms with van der Waals surface area (Å²) in [5, 5.41) is 49.4. The predicted octanol–water partition coefficient (Wildman–Crippen LogP) is 3.82. The highest BCUT2D eigenvalue weighted by Crippen LogP contribution is 2.72. The largest absolute Gasteiger partial charge is 0.504 e. The third-order valence-corrected chi connectivity index (χ3v) is 15.7. The fraction of sp³-hybridized carbons (Fsp3) is 0.600. The minimum atomic E-state index is -1.09. The summed E-state index contributed by atoms with van der Waals surface area (Å²) >= 11 is 0. The monoisotopic (exact) mass is 661 g/mol. The number of likely N-dealkylation sites (tertiary alicyclic amines) is 2. The van der Waals surface area contributed by atoms with Gasteiger partial charge in [-0.3, -0.25) is 9.80 Å². The quantitative estimate of drug-likeness (QED) is 0.286. The minimum Gasteiger partial charge on any atom is -0.504 e. The molecule has 1 aromatic heterocycles. The number of aliphatic hydroxyl groups is 2. The van der Waals surface area contributed by atoms with Crippen LogP contribution < -0.4 is 9.47 Å². The molecule has 0 unspecified atom stereocenters. The number of aromatic nitrogens is 1. The normalized spacial score (nSPS) is 41.3. The highest BCUT2D eigenvalue weighted by atomic mass is 16.5. The summed E-state index contributed by atoms with van der Waals surface area (Å²) in [6.45, 7) is 3.84. The van der Waals surface area contributed by atoms with Crippen molar-refractivity contribution < 1.29 is 29.9 Å². The third kappa shape index (κ3) is 2.87. The Balaban J connectivity index is 1.03. The summed E-state index contributed by atoms with van der Waals surface area (Å²) in [5.74, 6) is 2.77. The van der Waals surface area contributed by atoms with Crippen molar-refractivity contribution in [1.29, 1.82) is 0 Å². The Morgan fingerprint density at radius 2 is 1.12 bits per heavy atom. The lowest BCUT2D eigenvalue weighted by Gasteiger charge is -2.63. The number of aromatic hydroxyl groups is 2. The SMILES string of the molecule is Oc1ccc2c3c1O[C@H]1c4[nH]c5c(c4C[C@@]4(O)[C@H](C2)N(CC2CC2)CC[C@]314)C[C@@]1(O)[C@@H]2Cc3ccc(O)c4c3[C@@]1(CCN2CC1CC1)[C@H]5O4. The van der Waals surface area contributed by atoms with Gasteiger partial charge in [0.25, 0.3) is 0 Å². The van der Waals surface area contributed by atoms with Gasteiger partial charge in [-0.15, -0.1) is 0 Å². The lowest BCUT2D eigenvalue weighted by atomic mass is 9.47. The van der Waals surface area contributed by atoms with Gasteiger partial charge in [-0.25, -0.2) is 0 Å². The number of nitrogens with one attached hydrogen (secondary N) is 1. The van der Waals surface area contributed by atoms with Crippen molar-refractivity contribution in [3.8, 4) is 23.0 Å². The van der Waals surface area contributed by atoms with E-state index in [-0.39, 0.29) is 23.6 Å². The summed E-state index contributed by atoms with van der Waals surface area (Å²) in [6, 6.07) is 7.56. The van der Waals surface area contributed by atoms with Crippen LogP contribution in [0.1, 0.15) is 95.5 Å². The number of piperidine rings is 2. The topological polar surface area (TPSA) is 122 Å². The number of nitrogens with zero attached hydrogens (tertiary/aromatic N) is 2. The van der Waals surface area contributed by atoms with Crippen LogP contribution in [0.15, 0.2) is 24.3 Å². The average molecular weight is 662 g/mol. The van der Waals surface area contributed by atoms with Gasteiger partial charge in [-0.1, -0.05) is 12.1 Å². The molecule has 3 aromatic rings. The number of benzene rings is 2. The number of ether oxygens (including phenoxy) is 2. The Kier molecular flexibility index (Phi) is 4.64. The molecule has 5 N–H and O–H groups in total. The first kappa shape index (κ1) is 27.5. The highest BCUT2D eigenvalue weighted by molar-refractivity contribution is 5.68. The second-order valence-electron chi connectivity index (χ2n) is 17.8. The number of rotatable bonds is 4. The van der Waals surface area contributed by atoms with Gasteiger partial charge in [0.1, 0.15) is 0 Å². The first-order valence-corrected chi connectivity index (χ1v) is 19.0. The molecule has 2 spiro atoms. The molecule has 9 heteroatoms. The fourth-order valence-electron chi connectivity index (χ4n) is 13.4. The van der Waals surface area contributed by atoms with Crippen LogP contribution >= 0.6 is 0 Å². The molecule has 2 aromatic carbocycles. The lowest BCUT2D eigenvalue weighted by molar-refractivity contribution is -0.176. The van der Waals surface area contributed by atoms with Gasteiger partial charge in [0.05, 0.1) is 33.4 Å². The molecule has 0 radical (unpaired) electrons. The molecule has 0 amide bonds. The molecule has 5 heterocycles. The van der Waals surface area contributed by atoms with E-state index in [1.165, 1.54) is 36.8 Å². The van der Waals surface area contributed by atoms with E-state index >= 15 is 0 Å². The molecule has 10 aliphatic rings. The molecule has 4 aliphatic heterocycles. The Morgan fingerprint density at radius 3 is 1.55 bits per heavy atom. The van der Waals surface area contributed by atoms with E-state index in [9.17, 15) is 20.4 Å². The zero-order valence-corrected chi connectivity index (χ0v) is 27.7. The van der Waals surface area contributed by atoms with E-state index in [1.54, 1.807) is 12.1 Å². The van der Waals surface area contributed by atoms with Gasteiger partial charge in [0.15, 0.2) is 35.2 Å². The first-order chi connectivity index (χ1) is 23.7. The van der Waals surface area contributed by atoms with Crippen molar-refractivity contribution in [3.05, 3.63) is 69.0 Å². The predicted molar refractivity (Wildman–Crippen MR) is 177 cm³/mol. The van der Waals surface area contributed by atoms with Crippen LogP contribution in [0.3, 0.4) is 0 Å². The summed E-state index contributed by atoms with van der Waals surface area (Å²) in [5.41, 5.74) is 4.93. The van der Waals surface area contributed by atoms with Gasteiger partial charge in [0.2, 0.25) is 0 Å². The van der Waals surface area contributed by atoms with Crippen LogP contribution in [-0.2, 0) is 36.5 Å². The van der Waals surface area contributed by atoms with E-state index in [0.717, 1.165) is 85.5 Å². The summed E-state index contributed by atoms with van der Waals surface area (Å²) in [6.07, 6.45) is 8.06. The number of phenols is 2. The van der Waals surface area contributed by atoms with Gasteiger partial charge in [-0.2, -0.15) is 0 Å². The van der Waals surface area contributed by atoms with E-state index < -0.39 is 34.2 Å². The Labute approximate surface area is 284 Å². The van der Waals surface area contributed by atoms with Crippen molar-refractivity contribution in [2.75, 3.05) is 26.2 Å². The van der Waals surface area contributed by atoms with Crippen molar-refractivity contribution in [3.63, 3.8) is 0 Å². The average Bonchev–Trinajstić information content (AvgIpc) is 3.98. The molecule has 4 fully saturated rings. The molecular weight excluding hydrogens is 618 g/mol. The van der Waals surface area contributed by atoms with Crippen molar-refractivity contribution >= 4 is 0 Å². The maximum atomic E-state index is 13.5. The maximum Gasteiger partial charge on any atom is 0.166 e. The molecule has 9 nitrogen and oxygen atoms in total. The zero-order chi connectivity index (χ0) is 32.4. The number of hydrogen-bond acceptors (Lipinski definition) is 8. The molecule has 2 saturated carbocycles. The number of H-pyrrole nitrogens is 1. The highest BCUT2D eigenvalue weighted by Gasteiger charge is 2.76. The van der Waals surface area contributed by atoms with E-state index in [1.807, 2.05) is 0 Å². The summed E-state index contributed by atoms with van der Waals surface area (Å²) in [7, 11) is 0. The summed E-state index contributed by atoms with van der Waals surface area (Å²) < 4.78 is 13.9. The Morgan fingerprint density at radius 1 is 0.673 bits per heavy atom. The van der Waals surface area contributed by atoms with Gasteiger partial charge in [-0.05, 0) is 111 Å². The molecule has 49 heavy (non-hydrogen) atoms. The van der Waals surface area contributed by atoms with E-state index in [4.69, 9.17) is 9.47 Å². The minimum absolute atomic E-state index is 0.0535. The molecule has 254 valence electrons. The van der Waals surface area contributed by atoms with Crippen LogP contribution in [0.2, 0.25) is 0 Å². The van der Waals surface area contributed by atoms with E-state index in [2.05, 4.69) is 26.9 Å². The molecule has 4 bridgehead atoms. The smallest absolute Gasteiger partial charge is 0.166 e. The van der Waals surface area contributed by atoms with Gasteiger partial charge < -0.3 is 34.9 Å². The lowest BCUT2D eigenvalue weighted by Crippen LogP contribution is -2.75. The number of phenolic OH excluding ortho intramolecular Hbond substituents is 2. The Bertz CT molecular complexity index is 1910. The van der Waals surface area contributed by atoms with Gasteiger partial charge in [0, 0.05) is 49.1 Å². The van der Waals surface area contributed by atoms with Crippen molar-refractivity contribution in [2.24, 2.45) is 11.8 Å². The summed E-state index contributed by atoms with van der Waals surface area (Å²) in [4.78, 5) is 9.05. The van der Waals surface area contributed by atoms with Crippen molar-refractivity contribution in [2.45, 2.75) is 111 Å². The second kappa shape index (κ2) is 8.28. The van der Waals surface area contributed by atoms with Crippen LogP contribution in [0.5, 0.6) is 23.0 Å². The van der Waals surface area contributed by atoms with Gasteiger partial charge >= 0.3 is 0 Å². The van der Waals surface area contributed by atoms with Crippen LogP contribution in [0.25, 0.3) is 0 Å². The molecule has 2 saturated heterocycles. The number of hydrogen-bond donors (Lipinski definition) is 5. The number of fused-ring (bicyclic) bond motifs is 5. The fourth-order valence-corrected chi connectivity index (χ4v) is 13.4. The molecular formula is C40H43N3O6.